The van der Waals surface area contributed by atoms with E-state index >= 15 is 0 Å². The van der Waals surface area contributed by atoms with Crippen LogP contribution in [0.2, 0.25) is 0 Å². The molecular formula is C10H16N4O2. The van der Waals surface area contributed by atoms with E-state index in [0.717, 1.165) is 19.4 Å². The van der Waals surface area contributed by atoms with Crippen molar-refractivity contribution >= 4 is 11.5 Å². The number of nitrogen functional groups attached to an aromatic ring is 1. The highest BCUT2D eigenvalue weighted by atomic mass is 16.7. The quantitative estimate of drug-likeness (QED) is 0.825. The zero-order valence-electron chi connectivity index (χ0n) is 9.35. The van der Waals surface area contributed by atoms with Crippen molar-refractivity contribution < 1.29 is 9.57 Å². The van der Waals surface area contributed by atoms with Crippen LogP contribution < -0.4 is 15.5 Å². The second-order valence-corrected chi connectivity index (χ2v) is 3.49. The molecule has 1 aliphatic rings. The van der Waals surface area contributed by atoms with Crippen LogP contribution in [0.1, 0.15) is 19.8 Å². The van der Waals surface area contributed by atoms with E-state index in [1.54, 1.807) is 5.06 Å². The maximum Gasteiger partial charge on any atom is 0.242 e. The zero-order valence-corrected chi connectivity index (χ0v) is 9.35. The summed E-state index contributed by atoms with van der Waals surface area (Å²) in [5.74, 6) is 1.01. The van der Waals surface area contributed by atoms with E-state index in [1.165, 1.54) is 6.33 Å². The lowest BCUT2D eigenvalue weighted by Gasteiger charge is -2.27. The molecule has 0 aliphatic carbocycles. The van der Waals surface area contributed by atoms with E-state index < -0.39 is 0 Å². The van der Waals surface area contributed by atoms with Crippen LogP contribution in [-0.2, 0) is 4.84 Å². The summed E-state index contributed by atoms with van der Waals surface area (Å²) in [6, 6.07) is 0. The second kappa shape index (κ2) is 4.98. The summed E-state index contributed by atoms with van der Waals surface area (Å²) in [4.78, 5) is 13.6. The molecule has 1 aromatic heterocycles. The van der Waals surface area contributed by atoms with Crippen LogP contribution in [0.3, 0.4) is 0 Å². The molecule has 1 aromatic rings. The molecule has 0 spiro atoms. The smallest absolute Gasteiger partial charge is 0.242 e. The Bertz CT molecular complexity index is 353. The molecule has 88 valence electrons. The first-order chi connectivity index (χ1) is 7.83. The predicted octanol–water partition coefficient (Wildman–Crippen LogP) is 0.989. The van der Waals surface area contributed by atoms with Gasteiger partial charge >= 0.3 is 0 Å². The molecule has 0 atom stereocenters. The van der Waals surface area contributed by atoms with E-state index in [1.807, 2.05) is 6.92 Å². The molecule has 2 rings (SSSR count). The van der Waals surface area contributed by atoms with Crippen molar-refractivity contribution in [3.05, 3.63) is 6.33 Å². The van der Waals surface area contributed by atoms with E-state index in [2.05, 4.69) is 9.97 Å². The van der Waals surface area contributed by atoms with Crippen molar-refractivity contribution in [1.29, 1.82) is 0 Å². The number of hydroxylamine groups is 1. The number of rotatable bonds is 3. The first kappa shape index (κ1) is 10.9. The molecular weight excluding hydrogens is 208 g/mol. The first-order valence-electron chi connectivity index (χ1n) is 5.46. The molecule has 16 heavy (non-hydrogen) atoms. The molecule has 6 heteroatoms. The van der Waals surface area contributed by atoms with E-state index in [4.69, 9.17) is 15.3 Å². The third-order valence-electron chi connectivity index (χ3n) is 2.35. The SMILES string of the molecule is CCOc1ncnc(N2CCCCO2)c1N. The van der Waals surface area contributed by atoms with Gasteiger partial charge in [-0.2, -0.15) is 4.98 Å². The minimum Gasteiger partial charge on any atom is -0.476 e. The number of nitrogens with zero attached hydrogens (tertiary/aromatic N) is 3. The Morgan fingerprint density at radius 3 is 3.06 bits per heavy atom. The first-order valence-corrected chi connectivity index (χ1v) is 5.46. The van der Waals surface area contributed by atoms with Crippen molar-refractivity contribution in [2.24, 2.45) is 0 Å². The van der Waals surface area contributed by atoms with Gasteiger partial charge in [0.15, 0.2) is 5.82 Å². The molecule has 0 bridgehead atoms. The monoisotopic (exact) mass is 224 g/mol. The highest BCUT2D eigenvalue weighted by Gasteiger charge is 2.18. The Kier molecular flexibility index (Phi) is 3.40. The topological polar surface area (TPSA) is 73.5 Å². The lowest BCUT2D eigenvalue weighted by molar-refractivity contribution is 0.0762. The Morgan fingerprint density at radius 2 is 2.38 bits per heavy atom. The molecule has 6 nitrogen and oxygen atoms in total. The number of hydrogen-bond donors (Lipinski definition) is 1. The van der Waals surface area contributed by atoms with Crippen molar-refractivity contribution in [3.63, 3.8) is 0 Å². The van der Waals surface area contributed by atoms with E-state index in [0.29, 0.717) is 30.6 Å². The van der Waals surface area contributed by atoms with Gasteiger partial charge in [0, 0.05) is 6.54 Å². The fraction of sp³-hybridized carbons (Fsp3) is 0.600. The summed E-state index contributed by atoms with van der Waals surface area (Å²) in [6.07, 6.45) is 3.59. The Labute approximate surface area is 94.3 Å². The molecule has 1 saturated heterocycles. The number of hydrogen-bond acceptors (Lipinski definition) is 6. The number of nitrogens with two attached hydrogens (primary N) is 1. The van der Waals surface area contributed by atoms with Gasteiger partial charge in [-0.25, -0.2) is 10.0 Å². The van der Waals surface area contributed by atoms with Crippen LogP contribution in [0.4, 0.5) is 11.5 Å². The van der Waals surface area contributed by atoms with E-state index in [-0.39, 0.29) is 0 Å². The Balaban J connectivity index is 2.22. The van der Waals surface area contributed by atoms with Crippen molar-refractivity contribution in [2.45, 2.75) is 19.8 Å². The van der Waals surface area contributed by atoms with Gasteiger partial charge in [0.25, 0.3) is 0 Å². The third kappa shape index (κ3) is 2.16. The van der Waals surface area contributed by atoms with Crippen molar-refractivity contribution in [2.75, 3.05) is 30.6 Å². The largest absolute Gasteiger partial charge is 0.476 e. The zero-order chi connectivity index (χ0) is 11.4. The molecule has 1 fully saturated rings. The van der Waals surface area contributed by atoms with Crippen LogP contribution in [0, 0.1) is 0 Å². The summed E-state index contributed by atoms with van der Waals surface area (Å²) in [5.41, 5.74) is 6.36. The van der Waals surface area contributed by atoms with Gasteiger partial charge in [-0.05, 0) is 19.8 Å². The van der Waals surface area contributed by atoms with Crippen LogP contribution in [0.25, 0.3) is 0 Å². The number of anilines is 2. The van der Waals surface area contributed by atoms with Crippen LogP contribution >= 0.6 is 0 Å². The second-order valence-electron chi connectivity index (χ2n) is 3.49. The lowest BCUT2D eigenvalue weighted by Crippen LogP contribution is -2.31. The number of aromatic nitrogens is 2. The predicted molar refractivity (Wildman–Crippen MR) is 60.1 cm³/mol. The van der Waals surface area contributed by atoms with Gasteiger partial charge in [-0.15, -0.1) is 0 Å². The maximum absolute atomic E-state index is 5.93. The normalized spacial score (nSPS) is 16.2. The van der Waals surface area contributed by atoms with E-state index in [9.17, 15) is 0 Å². The van der Waals surface area contributed by atoms with Crippen LogP contribution in [0.5, 0.6) is 5.88 Å². The van der Waals surface area contributed by atoms with Gasteiger partial charge in [-0.3, -0.25) is 4.84 Å². The highest BCUT2D eigenvalue weighted by molar-refractivity contribution is 5.66. The molecule has 0 saturated carbocycles. The summed E-state index contributed by atoms with van der Waals surface area (Å²) in [5, 5.41) is 1.71. The molecule has 2 N–H and O–H groups in total. The summed E-state index contributed by atoms with van der Waals surface area (Å²) in [7, 11) is 0. The van der Waals surface area contributed by atoms with Gasteiger partial charge < -0.3 is 10.5 Å². The molecule has 0 amide bonds. The van der Waals surface area contributed by atoms with Gasteiger partial charge in [0.1, 0.15) is 12.0 Å². The van der Waals surface area contributed by atoms with Gasteiger partial charge in [0.05, 0.1) is 13.2 Å². The maximum atomic E-state index is 5.93. The third-order valence-corrected chi connectivity index (χ3v) is 2.35. The molecule has 1 aliphatic heterocycles. The highest BCUT2D eigenvalue weighted by Crippen LogP contribution is 2.29. The Hall–Kier alpha value is -1.56. The van der Waals surface area contributed by atoms with Gasteiger partial charge in [0.2, 0.25) is 5.88 Å². The van der Waals surface area contributed by atoms with Crippen molar-refractivity contribution in [3.8, 4) is 5.88 Å². The lowest BCUT2D eigenvalue weighted by atomic mass is 10.3. The summed E-state index contributed by atoms with van der Waals surface area (Å²) < 4.78 is 5.31. The fourth-order valence-electron chi connectivity index (χ4n) is 1.59. The summed E-state index contributed by atoms with van der Waals surface area (Å²) in [6.45, 7) is 3.92. The minimum absolute atomic E-state index is 0.418. The summed E-state index contributed by atoms with van der Waals surface area (Å²) >= 11 is 0. The number of ether oxygens (including phenoxy) is 1. The molecule has 2 heterocycles. The van der Waals surface area contributed by atoms with Crippen LogP contribution in [-0.4, -0.2) is 29.7 Å². The average molecular weight is 224 g/mol. The molecule has 0 unspecified atom stereocenters. The van der Waals surface area contributed by atoms with Crippen LogP contribution in [0.15, 0.2) is 6.33 Å². The Morgan fingerprint density at radius 1 is 1.50 bits per heavy atom. The van der Waals surface area contributed by atoms with Gasteiger partial charge in [-0.1, -0.05) is 0 Å². The minimum atomic E-state index is 0.418. The average Bonchev–Trinajstić information content (AvgIpc) is 2.33. The molecule has 0 radical (unpaired) electrons. The van der Waals surface area contributed by atoms with Crippen molar-refractivity contribution in [1.82, 2.24) is 9.97 Å². The fourth-order valence-corrected chi connectivity index (χ4v) is 1.59. The standard InChI is InChI=1S/C10H16N4O2/c1-2-15-10-8(11)9(12-7-13-10)14-5-3-4-6-16-14/h7H,2-6,11H2,1H3. The molecule has 0 aromatic carbocycles.